The summed E-state index contributed by atoms with van der Waals surface area (Å²) in [6, 6.07) is 2.95. The predicted octanol–water partition coefficient (Wildman–Crippen LogP) is 2.31. The van der Waals surface area contributed by atoms with Crippen molar-refractivity contribution in [3.8, 4) is 0 Å². The number of ether oxygens (including phenoxy) is 1. The molecule has 4 heteroatoms. The molecule has 4 nitrogen and oxygen atoms in total. The number of nitrogens with one attached hydrogen (secondary N) is 1. The molecule has 1 heterocycles. The average molecular weight is 266 g/mol. The summed E-state index contributed by atoms with van der Waals surface area (Å²) in [7, 11) is 1.77. The number of methoxy groups -OCH3 is 1. The van der Waals surface area contributed by atoms with Crippen LogP contribution in [0.15, 0.2) is 10.5 Å². The fourth-order valence-electron chi connectivity index (χ4n) is 2.34. The maximum Gasteiger partial charge on any atom is 0.118 e. The Balaban J connectivity index is 1.93. The summed E-state index contributed by atoms with van der Waals surface area (Å²) in [5, 5.41) is 3.30. The van der Waals surface area contributed by atoms with E-state index in [1.54, 1.807) is 7.11 Å². The van der Waals surface area contributed by atoms with Gasteiger partial charge in [0.2, 0.25) is 0 Å². The van der Waals surface area contributed by atoms with Gasteiger partial charge in [0.1, 0.15) is 11.5 Å². The van der Waals surface area contributed by atoms with Crippen LogP contribution in [-0.4, -0.2) is 37.7 Å². The molecule has 1 aliphatic carbocycles. The molecule has 0 atom stereocenters. The van der Waals surface area contributed by atoms with E-state index in [2.05, 4.69) is 30.1 Å². The molecular formula is C15H26N2O2. The minimum Gasteiger partial charge on any atom is -0.465 e. The molecule has 1 fully saturated rings. The molecule has 1 saturated carbocycles. The van der Waals surface area contributed by atoms with E-state index in [9.17, 15) is 0 Å². The summed E-state index contributed by atoms with van der Waals surface area (Å²) in [4.78, 5) is 2.51. The van der Waals surface area contributed by atoms with Crippen molar-refractivity contribution in [3.05, 3.63) is 23.2 Å². The highest BCUT2D eigenvalue weighted by molar-refractivity contribution is 5.21. The molecule has 0 spiro atoms. The summed E-state index contributed by atoms with van der Waals surface area (Å²) in [6.45, 7) is 8.75. The molecule has 1 aliphatic rings. The van der Waals surface area contributed by atoms with Crippen molar-refractivity contribution < 1.29 is 9.15 Å². The van der Waals surface area contributed by atoms with E-state index >= 15 is 0 Å². The first-order valence-electron chi connectivity index (χ1n) is 7.26. The molecule has 0 aliphatic heterocycles. The van der Waals surface area contributed by atoms with Gasteiger partial charge in [0.25, 0.3) is 0 Å². The second kappa shape index (κ2) is 7.08. The van der Waals surface area contributed by atoms with Crippen LogP contribution >= 0.6 is 0 Å². The SMILES string of the molecule is CCNCc1cc(CN(CCOC)C2CC2)c(C)o1. The first-order valence-corrected chi connectivity index (χ1v) is 7.26. The highest BCUT2D eigenvalue weighted by Crippen LogP contribution is 2.29. The third-order valence-electron chi connectivity index (χ3n) is 3.64. The number of hydrogen-bond acceptors (Lipinski definition) is 4. The lowest BCUT2D eigenvalue weighted by Crippen LogP contribution is -2.29. The molecule has 0 aromatic carbocycles. The van der Waals surface area contributed by atoms with Crippen molar-refractivity contribution in [2.24, 2.45) is 0 Å². The average Bonchev–Trinajstić information content (AvgIpc) is 3.18. The Morgan fingerprint density at radius 3 is 2.89 bits per heavy atom. The molecule has 1 aromatic heterocycles. The number of rotatable bonds is 9. The second-order valence-electron chi connectivity index (χ2n) is 5.27. The van der Waals surface area contributed by atoms with Crippen LogP contribution in [0.5, 0.6) is 0 Å². The van der Waals surface area contributed by atoms with Crippen molar-refractivity contribution in [1.29, 1.82) is 0 Å². The van der Waals surface area contributed by atoms with Gasteiger partial charge in [-0.25, -0.2) is 0 Å². The van der Waals surface area contributed by atoms with E-state index in [1.165, 1.54) is 18.4 Å². The molecule has 19 heavy (non-hydrogen) atoms. The quantitative estimate of drug-likeness (QED) is 0.744. The normalized spacial score (nSPS) is 15.4. The monoisotopic (exact) mass is 266 g/mol. The van der Waals surface area contributed by atoms with Gasteiger partial charge in [0.15, 0.2) is 0 Å². The topological polar surface area (TPSA) is 37.6 Å². The fourth-order valence-corrected chi connectivity index (χ4v) is 2.34. The number of hydrogen-bond donors (Lipinski definition) is 1. The van der Waals surface area contributed by atoms with Crippen molar-refractivity contribution >= 4 is 0 Å². The summed E-state index contributed by atoms with van der Waals surface area (Å²) in [5.74, 6) is 2.09. The van der Waals surface area contributed by atoms with E-state index in [4.69, 9.17) is 9.15 Å². The summed E-state index contributed by atoms with van der Waals surface area (Å²) in [5.41, 5.74) is 1.32. The van der Waals surface area contributed by atoms with E-state index in [0.29, 0.717) is 0 Å². The molecule has 0 bridgehead atoms. The number of nitrogens with zero attached hydrogens (tertiary/aromatic N) is 1. The second-order valence-corrected chi connectivity index (χ2v) is 5.27. The van der Waals surface area contributed by atoms with Crippen molar-refractivity contribution in [1.82, 2.24) is 10.2 Å². The minimum atomic E-state index is 0.752. The molecule has 2 rings (SSSR count). The van der Waals surface area contributed by atoms with Crippen LogP contribution in [0.25, 0.3) is 0 Å². The van der Waals surface area contributed by atoms with Gasteiger partial charge in [-0.05, 0) is 32.4 Å². The lowest BCUT2D eigenvalue weighted by Gasteiger charge is -2.21. The lowest BCUT2D eigenvalue weighted by atomic mass is 10.2. The van der Waals surface area contributed by atoms with E-state index < -0.39 is 0 Å². The maximum atomic E-state index is 5.80. The Hall–Kier alpha value is -0.840. The van der Waals surface area contributed by atoms with Crippen LogP contribution in [0.1, 0.15) is 36.8 Å². The zero-order chi connectivity index (χ0) is 13.7. The van der Waals surface area contributed by atoms with Crippen LogP contribution in [0.4, 0.5) is 0 Å². The van der Waals surface area contributed by atoms with Gasteiger partial charge >= 0.3 is 0 Å². The summed E-state index contributed by atoms with van der Waals surface area (Å²) >= 11 is 0. The molecule has 0 amide bonds. The Kier molecular flexibility index (Phi) is 5.43. The lowest BCUT2D eigenvalue weighted by molar-refractivity contribution is 0.139. The third-order valence-corrected chi connectivity index (χ3v) is 3.64. The Bertz CT molecular complexity index is 385. The van der Waals surface area contributed by atoms with Gasteiger partial charge < -0.3 is 14.5 Å². The van der Waals surface area contributed by atoms with Crippen molar-refractivity contribution in [2.45, 2.75) is 45.8 Å². The van der Waals surface area contributed by atoms with Gasteiger partial charge in [-0.3, -0.25) is 4.90 Å². The third kappa shape index (κ3) is 4.34. The highest BCUT2D eigenvalue weighted by Gasteiger charge is 2.29. The zero-order valence-electron chi connectivity index (χ0n) is 12.4. The minimum absolute atomic E-state index is 0.752. The van der Waals surface area contributed by atoms with Crippen LogP contribution in [0.3, 0.4) is 0 Å². The standard InChI is InChI=1S/C15H26N2O2/c1-4-16-10-15-9-13(12(2)19-15)11-17(7-8-18-3)14-5-6-14/h9,14,16H,4-8,10-11H2,1-3H3. The molecule has 0 saturated heterocycles. The van der Waals surface area contributed by atoms with Crippen LogP contribution in [0.2, 0.25) is 0 Å². The number of furan rings is 1. The first kappa shape index (κ1) is 14.6. The molecule has 1 aromatic rings. The first-order chi connectivity index (χ1) is 9.24. The maximum absolute atomic E-state index is 5.80. The molecular weight excluding hydrogens is 240 g/mol. The summed E-state index contributed by atoms with van der Waals surface area (Å²) < 4.78 is 11.0. The Morgan fingerprint density at radius 2 is 2.26 bits per heavy atom. The van der Waals surface area contributed by atoms with Crippen molar-refractivity contribution in [3.63, 3.8) is 0 Å². The van der Waals surface area contributed by atoms with Crippen LogP contribution in [0, 0.1) is 6.92 Å². The zero-order valence-corrected chi connectivity index (χ0v) is 12.4. The smallest absolute Gasteiger partial charge is 0.118 e. The van der Waals surface area contributed by atoms with Gasteiger partial charge in [-0.15, -0.1) is 0 Å². The van der Waals surface area contributed by atoms with Gasteiger partial charge in [-0.2, -0.15) is 0 Å². The Labute approximate surface area is 116 Å². The number of aryl methyl sites for hydroxylation is 1. The largest absolute Gasteiger partial charge is 0.465 e. The van der Waals surface area contributed by atoms with Crippen LogP contribution < -0.4 is 5.32 Å². The van der Waals surface area contributed by atoms with Gasteiger partial charge in [0, 0.05) is 31.8 Å². The van der Waals surface area contributed by atoms with Gasteiger partial charge in [0.05, 0.1) is 13.2 Å². The molecule has 0 unspecified atom stereocenters. The van der Waals surface area contributed by atoms with Gasteiger partial charge in [-0.1, -0.05) is 6.92 Å². The Morgan fingerprint density at radius 1 is 1.47 bits per heavy atom. The molecule has 1 N–H and O–H groups in total. The highest BCUT2D eigenvalue weighted by atomic mass is 16.5. The fraction of sp³-hybridized carbons (Fsp3) is 0.733. The van der Waals surface area contributed by atoms with E-state index in [-0.39, 0.29) is 0 Å². The van der Waals surface area contributed by atoms with Crippen LogP contribution in [-0.2, 0) is 17.8 Å². The molecule has 0 radical (unpaired) electrons. The van der Waals surface area contributed by atoms with E-state index in [1.807, 2.05) is 0 Å². The van der Waals surface area contributed by atoms with E-state index in [0.717, 1.165) is 50.3 Å². The summed E-state index contributed by atoms with van der Waals surface area (Å²) in [6.07, 6.45) is 2.65. The predicted molar refractivity (Wildman–Crippen MR) is 76.1 cm³/mol. The molecule has 108 valence electrons. The van der Waals surface area contributed by atoms with Crippen molar-refractivity contribution in [2.75, 3.05) is 26.8 Å².